The topological polar surface area (TPSA) is 72.9 Å². The minimum absolute atomic E-state index is 0.0842. The van der Waals surface area contributed by atoms with E-state index in [4.69, 9.17) is 5.73 Å². The zero-order chi connectivity index (χ0) is 14.5. The Bertz CT molecular complexity index is 447. The van der Waals surface area contributed by atoms with E-state index in [-0.39, 0.29) is 11.8 Å². The molecule has 0 bridgehead atoms. The van der Waals surface area contributed by atoms with Gasteiger partial charge in [-0.25, -0.2) is 0 Å². The molecule has 0 aliphatic heterocycles. The lowest BCUT2D eigenvalue weighted by Crippen LogP contribution is -2.36. The third-order valence-corrected chi connectivity index (χ3v) is 4.28. The van der Waals surface area contributed by atoms with E-state index in [0.717, 1.165) is 50.9 Å². The molecule has 1 aliphatic rings. The van der Waals surface area contributed by atoms with E-state index in [2.05, 4.69) is 35.0 Å². The first-order valence-corrected chi connectivity index (χ1v) is 7.72. The number of aryl methyl sites for hydroxylation is 2. The molecule has 0 unspecified atom stereocenters. The van der Waals surface area contributed by atoms with Gasteiger partial charge in [-0.05, 0) is 45.1 Å². The maximum absolute atomic E-state index is 11.1. The number of primary amides is 1. The molecule has 3 N–H and O–H groups in total. The van der Waals surface area contributed by atoms with Crippen LogP contribution in [0.2, 0.25) is 0 Å². The van der Waals surface area contributed by atoms with Crippen LogP contribution in [0.4, 0.5) is 0 Å². The Labute approximate surface area is 120 Å². The second-order valence-corrected chi connectivity index (χ2v) is 5.63. The molecular weight excluding hydrogens is 252 g/mol. The zero-order valence-corrected chi connectivity index (χ0v) is 12.6. The van der Waals surface area contributed by atoms with Crippen molar-refractivity contribution < 1.29 is 4.79 Å². The summed E-state index contributed by atoms with van der Waals surface area (Å²) in [4.78, 5) is 11.1. The van der Waals surface area contributed by atoms with Crippen LogP contribution in [0.1, 0.15) is 50.9 Å². The van der Waals surface area contributed by atoms with Gasteiger partial charge in [0.1, 0.15) is 0 Å². The van der Waals surface area contributed by atoms with E-state index in [0.29, 0.717) is 6.04 Å². The van der Waals surface area contributed by atoms with Crippen molar-refractivity contribution in [3.8, 4) is 0 Å². The normalized spacial score (nSPS) is 22.9. The number of nitrogens with two attached hydrogens (primary N) is 1. The van der Waals surface area contributed by atoms with Crippen LogP contribution in [-0.2, 0) is 24.3 Å². The van der Waals surface area contributed by atoms with E-state index in [1.165, 1.54) is 5.69 Å². The van der Waals surface area contributed by atoms with Crippen molar-refractivity contribution in [2.24, 2.45) is 11.7 Å². The number of rotatable bonds is 6. The van der Waals surface area contributed by atoms with Crippen LogP contribution in [0.15, 0.2) is 6.07 Å². The Morgan fingerprint density at radius 2 is 2.10 bits per heavy atom. The predicted molar refractivity (Wildman–Crippen MR) is 79.1 cm³/mol. The highest BCUT2D eigenvalue weighted by Gasteiger charge is 2.24. The van der Waals surface area contributed by atoms with Crippen LogP contribution >= 0.6 is 0 Å². The zero-order valence-electron chi connectivity index (χ0n) is 12.6. The first-order valence-electron chi connectivity index (χ1n) is 7.72. The van der Waals surface area contributed by atoms with Crippen molar-refractivity contribution >= 4 is 5.91 Å². The first-order chi connectivity index (χ1) is 9.63. The minimum Gasteiger partial charge on any atom is -0.369 e. The van der Waals surface area contributed by atoms with Crippen LogP contribution in [0, 0.1) is 5.92 Å². The molecule has 0 aromatic carbocycles. The van der Waals surface area contributed by atoms with Gasteiger partial charge in [0.15, 0.2) is 0 Å². The molecule has 0 radical (unpaired) electrons. The maximum Gasteiger partial charge on any atom is 0.220 e. The first kappa shape index (κ1) is 15.0. The minimum atomic E-state index is -0.139. The fourth-order valence-electron chi connectivity index (χ4n) is 2.93. The van der Waals surface area contributed by atoms with Crippen LogP contribution in [-0.4, -0.2) is 21.7 Å². The molecule has 2 rings (SSSR count). The molecule has 1 fully saturated rings. The number of carbonyl (C=O) groups is 1. The van der Waals surface area contributed by atoms with Crippen molar-refractivity contribution in [3.05, 3.63) is 17.5 Å². The molecule has 0 spiro atoms. The summed E-state index contributed by atoms with van der Waals surface area (Å²) < 4.78 is 2.07. The van der Waals surface area contributed by atoms with E-state index in [1.807, 2.05) is 0 Å². The quantitative estimate of drug-likeness (QED) is 0.830. The van der Waals surface area contributed by atoms with Crippen molar-refractivity contribution in [3.63, 3.8) is 0 Å². The summed E-state index contributed by atoms with van der Waals surface area (Å²) >= 11 is 0. The Kier molecular flexibility index (Phi) is 5.17. The van der Waals surface area contributed by atoms with Gasteiger partial charge in [-0.1, -0.05) is 6.92 Å². The van der Waals surface area contributed by atoms with E-state index < -0.39 is 0 Å². The van der Waals surface area contributed by atoms with Gasteiger partial charge in [-0.2, -0.15) is 5.10 Å². The van der Waals surface area contributed by atoms with Crippen molar-refractivity contribution in [1.82, 2.24) is 15.1 Å². The number of carbonyl (C=O) groups excluding carboxylic acids is 1. The SMILES string of the molecule is CCc1cc(CNC2CCC(C(N)=O)CC2)n(CC)n1. The molecule has 112 valence electrons. The summed E-state index contributed by atoms with van der Waals surface area (Å²) in [6, 6.07) is 2.68. The number of hydrogen-bond acceptors (Lipinski definition) is 3. The fourth-order valence-corrected chi connectivity index (χ4v) is 2.93. The summed E-state index contributed by atoms with van der Waals surface area (Å²) in [6.07, 6.45) is 4.88. The number of hydrogen-bond donors (Lipinski definition) is 2. The third kappa shape index (κ3) is 3.60. The number of nitrogens with zero attached hydrogens (tertiary/aromatic N) is 2. The number of aromatic nitrogens is 2. The summed E-state index contributed by atoms with van der Waals surface area (Å²) in [5, 5.41) is 8.16. The van der Waals surface area contributed by atoms with Gasteiger partial charge in [0, 0.05) is 25.0 Å². The summed E-state index contributed by atoms with van der Waals surface area (Å²) in [6.45, 7) is 6.01. The Balaban J connectivity index is 1.84. The van der Waals surface area contributed by atoms with Crippen molar-refractivity contribution in [2.45, 2.75) is 65.1 Å². The van der Waals surface area contributed by atoms with Gasteiger partial charge in [0.2, 0.25) is 5.91 Å². The lowest BCUT2D eigenvalue weighted by molar-refractivity contribution is -0.122. The second kappa shape index (κ2) is 6.88. The summed E-state index contributed by atoms with van der Waals surface area (Å²) in [5.74, 6) is -0.0546. The molecule has 5 nitrogen and oxygen atoms in total. The van der Waals surface area contributed by atoms with E-state index >= 15 is 0 Å². The van der Waals surface area contributed by atoms with Gasteiger partial charge >= 0.3 is 0 Å². The molecule has 1 saturated carbocycles. The van der Waals surface area contributed by atoms with Gasteiger partial charge in [0.25, 0.3) is 0 Å². The fraction of sp³-hybridized carbons (Fsp3) is 0.733. The lowest BCUT2D eigenvalue weighted by Gasteiger charge is -2.27. The van der Waals surface area contributed by atoms with Crippen LogP contribution in [0.5, 0.6) is 0 Å². The van der Waals surface area contributed by atoms with Crippen LogP contribution in [0.25, 0.3) is 0 Å². The second-order valence-electron chi connectivity index (χ2n) is 5.63. The highest BCUT2D eigenvalue weighted by Crippen LogP contribution is 2.24. The number of nitrogens with one attached hydrogen (secondary N) is 1. The van der Waals surface area contributed by atoms with Gasteiger partial charge in [-0.3, -0.25) is 9.48 Å². The van der Waals surface area contributed by atoms with Gasteiger partial charge in [-0.15, -0.1) is 0 Å². The average molecular weight is 278 g/mol. The number of amides is 1. The maximum atomic E-state index is 11.1. The molecule has 1 aliphatic carbocycles. The molecule has 5 heteroatoms. The van der Waals surface area contributed by atoms with E-state index in [9.17, 15) is 4.79 Å². The summed E-state index contributed by atoms with van der Waals surface area (Å²) in [5.41, 5.74) is 7.77. The predicted octanol–water partition coefficient (Wildman–Crippen LogP) is 1.60. The van der Waals surface area contributed by atoms with Crippen molar-refractivity contribution in [2.75, 3.05) is 0 Å². The Hall–Kier alpha value is -1.36. The molecule has 1 aromatic rings. The van der Waals surface area contributed by atoms with Crippen LogP contribution < -0.4 is 11.1 Å². The molecule has 1 aromatic heterocycles. The van der Waals surface area contributed by atoms with E-state index in [1.54, 1.807) is 0 Å². The monoisotopic (exact) mass is 278 g/mol. The lowest BCUT2D eigenvalue weighted by atomic mass is 9.85. The Morgan fingerprint density at radius 3 is 2.65 bits per heavy atom. The standard InChI is InChI=1S/C15H26N4O/c1-3-12-9-14(19(4-2)18-12)10-17-13-7-5-11(6-8-13)15(16)20/h9,11,13,17H,3-8,10H2,1-2H3,(H2,16,20). The highest BCUT2D eigenvalue weighted by atomic mass is 16.1. The summed E-state index contributed by atoms with van der Waals surface area (Å²) in [7, 11) is 0. The Morgan fingerprint density at radius 1 is 1.40 bits per heavy atom. The molecule has 1 amide bonds. The van der Waals surface area contributed by atoms with Crippen LogP contribution in [0.3, 0.4) is 0 Å². The largest absolute Gasteiger partial charge is 0.369 e. The highest BCUT2D eigenvalue weighted by molar-refractivity contribution is 5.76. The smallest absolute Gasteiger partial charge is 0.220 e. The molecular formula is C15H26N4O. The molecule has 0 saturated heterocycles. The molecule has 1 heterocycles. The van der Waals surface area contributed by atoms with Gasteiger partial charge in [0.05, 0.1) is 11.4 Å². The van der Waals surface area contributed by atoms with Gasteiger partial charge < -0.3 is 11.1 Å². The van der Waals surface area contributed by atoms with Crippen molar-refractivity contribution in [1.29, 1.82) is 0 Å². The third-order valence-electron chi connectivity index (χ3n) is 4.28. The molecule has 0 atom stereocenters. The molecule has 20 heavy (non-hydrogen) atoms. The average Bonchev–Trinajstić information content (AvgIpc) is 2.88.